The van der Waals surface area contributed by atoms with E-state index in [-0.39, 0.29) is 24.2 Å². The number of hydrogen-bond donors (Lipinski definition) is 2. The van der Waals surface area contributed by atoms with Gasteiger partial charge in [0, 0.05) is 31.4 Å². The van der Waals surface area contributed by atoms with Crippen LogP contribution in [0, 0.1) is 5.82 Å². The van der Waals surface area contributed by atoms with E-state index in [0.717, 1.165) is 44.4 Å². The van der Waals surface area contributed by atoms with Gasteiger partial charge in [0.25, 0.3) is 5.56 Å². The van der Waals surface area contributed by atoms with Gasteiger partial charge in [0.15, 0.2) is 0 Å². The van der Waals surface area contributed by atoms with E-state index in [2.05, 4.69) is 26.3 Å². The van der Waals surface area contributed by atoms with Crippen molar-refractivity contribution in [3.63, 3.8) is 0 Å². The molecule has 0 aliphatic carbocycles. The van der Waals surface area contributed by atoms with Gasteiger partial charge in [0.2, 0.25) is 0 Å². The molecule has 5 heterocycles. The number of nitrogens with zero attached hydrogens (tertiary/aromatic N) is 4. The second kappa shape index (κ2) is 8.54. The highest BCUT2D eigenvalue weighted by Gasteiger charge is 2.43. The maximum Gasteiger partial charge on any atom is 0.251 e. The van der Waals surface area contributed by atoms with Crippen molar-refractivity contribution in [2.24, 2.45) is 0 Å². The Labute approximate surface area is 185 Å². The number of piperidine rings is 1. The highest BCUT2D eigenvalue weighted by molar-refractivity contribution is 5.81. The van der Waals surface area contributed by atoms with E-state index in [1.807, 2.05) is 24.3 Å². The standard InChI is InChI=1S/C24H26FN5O2/c25-19-14-28-20-6-7-21(31)30-16-24(32,22(19)23(20)30)15-29-12-8-18(9-13-29)27-11-3-5-17-4-1-2-10-26-17/h1-7,10,14,18,27,32H,8-9,11-13,15-16H2/b5-3+/t24-/m0/s1. The highest BCUT2D eigenvalue weighted by Crippen LogP contribution is 2.37. The summed E-state index contributed by atoms with van der Waals surface area (Å²) in [6, 6.07) is 9.22. The van der Waals surface area contributed by atoms with Crippen LogP contribution in [0.5, 0.6) is 0 Å². The second-order valence-corrected chi connectivity index (χ2v) is 8.62. The van der Waals surface area contributed by atoms with Gasteiger partial charge in [-0.3, -0.25) is 19.7 Å². The van der Waals surface area contributed by atoms with Crippen LogP contribution in [0.1, 0.15) is 24.1 Å². The second-order valence-electron chi connectivity index (χ2n) is 8.62. The van der Waals surface area contributed by atoms with Gasteiger partial charge in [-0.25, -0.2) is 4.39 Å². The van der Waals surface area contributed by atoms with Crippen LogP contribution >= 0.6 is 0 Å². The van der Waals surface area contributed by atoms with Gasteiger partial charge in [-0.1, -0.05) is 12.1 Å². The third kappa shape index (κ3) is 3.97. The first-order valence-corrected chi connectivity index (χ1v) is 11.0. The van der Waals surface area contributed by atoms with E-state index in [1.165, 1.54) is 10.6 Å². The number of halogens is 1. The van der Waals surface area contributed by atoms with Gasteiger partial charge in [-0.05, 0) is 50.2 Å². The molecule has 1 saturated heterocycles. The maximum atomic E-state index is 14.7. The molecule has 2 N–H and O–H groups in total. The molecule has 0 amide bonds. The first kappa shape index (κ1) is 20.9. The monoisotopic (exact) mass is 435 g/mol. The van der Waals surface area contributed by atoms with Crippen molar-refractivity contribution in [2.45, 2.75) is 31.0 Å². The average molecular weight is 436 g/mol. The highest BCUT2D eigenvalue weighted by atomic mass is 19.1. The predicted octanol–water partition coefficient (Wildman–Crippen LogP) is 1.90. The summed E-state index contributed by atoms with van der Waals surface area (Å²) in [5.41, 5.74) is 0.384. The maximum absolute atomic E-state index is 14.7. The van der Waals surface area contributed by atoms with E-state index in [4.69, 9.17) is 0 Å². The molecule has 5 rings (SSSR count). The number of pyridine rings is 3. The van der Waals surface area contributed by atoms with Crippen molar-refractivity contribution in [3.05, 3.63) is 76.2 Å². The Morgan fingerprint density at radius 3 is 2.84 bits per heavy atom. The molecule has 2 aliphatic heterocycles. The predicted molar refractivity (Wildman–Crippen MR) is 121 cm³/mol. The lowest BCUT2D eigenvalue weighted by atomic mass is 9.93. The van der Waals surface area contributed by atoms with Gasteiger partial charge in [-0.15, -0.1) is 0 Å². The van der Waals surface area contributed by atoms with E-state index in [9.17, 15) is 14.3 Å². The molecule has 3 aromatic heterocycles. The smallest absolute Gasteiger partial charge is 0.251 e. The minimum Gasteiger partial charge on any atom is -0.382 e. The molecule has 8 heteroatoms. The van der Waals surface area contributed by atoms with E-state index in [1.54, 1.807) is 12.3 Å². The summed E-state index contributed by atoms with van der Waals surface area (Å²) in [5.74, 6) is -0.562. The third-order valence-corrected chi connectivity index (χ3v) is 6.41. The van der Waals surface area contributed by atoms with Crippen LogP contribution < -0.4 is 10.9 Å². The first-order chi connectivity index (χ1) is 15.5. The van der Waals surface area contributed by atoms with Crippen LogP contribution in [0.25, 0.3) is 17.1 Å². The fourth-order valence-corrected chi connectivity index (χ4v) is 4.86. The molecule has 0 radical (unpaired) electrons. The summed E-state index contributed by atoms with van der Waals surface area (Å²) in [5, 5.41) is 15.0. The Bertz CT molecular complexity index is 1200. The Morgan fingerprint density at radius 1 is 1.22 bits per heavy atom. The summed E-state index contributed by atoms with van der Waals surface area (Å²) in [4.78, 5) is 22.8. The topological polar surface area (TPSA) is 83.3 Å². The van der Waals surface area contributed by atoms with Gasteiger partial charge in [0.1, 0.15) is 11.4 Å². The molecule has 1 fully saturated rings. The quantitative estimate of drug-likeness (QED) is 0.616. The molecule has 3 aromatic rings. The molecule has 166 valence electrons. The SMILES string of the molecule is O=c1ccc2ncc(F)c3c2n1C[C@@]3(O)CN1CCC(NC/C=C/c2ccccn2)CC1. The summed E-state index contributed by atoms with van der Waals surface area (Å²) >= 11 is 0. The Morgan fingerprint density at radius 2 is 2.06 bits per heavy atom. The normalized spacial score (nSPS) is 21.7. The Kier molecular flexibility index (Phi) is 5.58. The minimum absolute atomic E-state index is 0.0532. The minimum atomic E-state index is -1.44. The molecule has 0 aromatic carbocycles. The lowest BCUT2D eigenvalue weighted by molar-refractivity contribution is -0.0158. The Hall–Kier alpha value is -2.94. The number of rotatable bonds is 6. The van der Waals surface area contributed by atoms with E-state index >= 15 is 0 Å². The van der Waals surface area contributed by atoms with Gasteiger partial charge in [-0.2, -0.15) is 0 Å². The fraction of sp³-hybridized carbons (Fsp3) is 0.375. The van der Waals surface area contributed by atoms with E-state index < -0.39 is 11.4 Å². The average Bonchev–Trinajstić information content (AvgIpc) is 3.12. The van der Waals surface area contributed by atoms with Crippen LogP contribution in [-0.2, 0) is 12.1 Å². The zero-order valence-electron chi connectivity index (χ0n) is 17.7. The first-order valence-electron chi connectivity index (χ1n) is 11.0. The molecule has 0 saturated carbocycles. The zero-order chi connectivity index (χ0) is 22.1. The molecule has 2 aliphatic rings. The van der Waals surface area contributed by atoms with E-state index in [0.29, 0.717) is 17.1 Å². The number of hydrogen-bond acceptors (Lipinski definition) is 6. The molecule has 0 unspecified atom stereocenters. The molecular formula is C24H26FN5O2. The molecular weight excluding hydrogens is 409 g/mol. The van der Waals surface area contributed by atoms with Crippen molar-refractivity contribution in [3.8, 4) is 0 Å². The molecule has 32 heavy (non-hydrogen) atoms. The molecule has 1 atom stereocenters. The van der Waals surface area contributed by atoms with Crippen molar-refractivity contribution >= 4 is 17.1 Å². The van der Waals surface area contributed by atoms with Crippen LogP contribution in [0.2, 0.25) is 0 Å². The van der Waals surface area contributed by atoms with Crippen molar-refractivity contribution in [2.75, 3.05) is 26.2 Å². The van der Waals surface area contributed by atoms with Crippen molar-refractivity contribution < 1.29 is 9.50 Å². The number of β-amino-alcohol motifs (C(OH)–C–C–N with tert-alkyl or cyclic N) is 1. The number of likely N-dealkylation sites (tertiary alicyclic amines) is 1. The number of nitrogens with one attached hydrogen (secondary N) is 1. The number of aromatic nitrogens is 3. The summed E-state index contributed by atoms with van der Waals surface area (Å²) in [6.45, 7) is 2.70. The van der Waals surface area contributed by atoms with Crippen LogP contribution in [0.4, 0.5) is 4.39 Å². The molecule has 0 spiro atoms. The number of aliphatic hydroxyl groups is 1. The zero-order valence-corrected chi connectivity index (χ0v) is 17.7. The van der Waals surface area contributed by atoms with Crippen molar-refractivity contribution in [1.29, 1.82) is 0 Å². The fourth-order valence-electron chi connectivity index (χ4n) is 4.86. The summed E-state index contributed by atoms with van der Waals surface area (Å²) in [7, 11) is 0. The van der Waals surface area contributed by atoms with Crippen LogP contribution in [-0.4, -0.2) is 56.8 Å². The molecule has 7 nitrogen and oxygen atoms in total. The largest absolute Gasteiger partial charge is 0.382 e. The molecule has 0 bridgehead atoms. The third-order valence-electron chi connectivity index (χ3n) is 6.41. The summed E-state index contributed by atoms with van der Waals surface area (Å²) in [6.07, 6.45) is 8.86. The Balaban J connectivity index is 1.20. The van der Waals surface area contributed by atoms with Crippen LogP contribution in [0.3, 0.4) is 0 Å². The van der Waals surface area contributed by atoms with Gasteiger partial charge < -0.3 is 15.0 Å². The lowest BCUT2D eigenvalue weighted by Gasteiger charge is -2.37. The van der Waals surface area contributed by atoms with Gasteiger partial charge in [0.05, 0.1) is 35.0 Å². The van der Waals surface area contributed by atoms with Crippen molar-refractivity contribution in [1.82, 2.24) is 24.8 Å². The van der Waals surface area contributed by atoms with Crippen LogP contribution in [0.15, 0.2) is 53.6 Å². The van der Waals surface area contributed by atoms with Gasteiger partial charge >= 0.3 is 0 Å². The lowest BCUT2D eigenvalue weighted by Crippen LogP contribution is -2.48. The summed E-state index contributed by atoms with van der Waals surface area (Å²) < 4.78 is 16.2.